The molecule has 1 aliphatic carbocycles. The standard InChI is InChI=1S/C15H24N2/c1-12-6-4-3-5-7-15(12)17-13(2)14-8-10-16-11-9-14/h8-13,15,17H,3-7H2,1-2H3. The molecule has 0 bridgehead atoms. The third-order valence-corrected chi connectivity index (χ3v) is 4.03. The number of pyridine rings is 1. The van der Waals surface area contributed by atoms with Crippen LogP contribution in [0.4, 0.5) is 0 Å². The Balaban J connectivity index is 1.95. The Hall–Kier alpha value is -0.890. The average molecular weight is 232 g/mol. The molecule has 3 unspecified atom stereocenters. The van der Waals surface area contributed by atoms with E-state index in [1.54, 1.807) is 0 Å². The molecular weight excluding hydrogens is 208 g/mol. The van der Waals surface area contributed by atoms with Crippen LogP contribution < -0.4 is 5.32 Å². The van der Waals surface area contributed by atoms with E-state index in [0.29, 0.717) is 12.1 Å². The molecule has 1 aromatic heterocycles. The minimum Gasteiger partial charge on any atom is -0.307 e. The second kappa shape index (κ2) is 6.15. The molecule has 1 N–H and O–H groups in total. The monoisotopic (exact) mass is 232 g/mol. The summed E-state index contributed by atoms with van der Waals surface area (Å²) in [6.45, 7) is 4.65. The van der Waals surface area contributed by atoms with Crippen molar-refractivity contribution in [3.8, 4) is 0 Å². The maximum absolute atomic E-state index is 4.08. The largest absolute Gasteiger partial charge is 0.307 e. The highest BCUT2D eigenvalue weighted by Gasteiger charge is 2.21. The van der Waals surface area contributed by atoms with E-state index < -0.39 is 0 Å². The Morgan fingerprint density at radius 3 is 2.65 bits per heavy atom. The summed E-state index contributed by atoms with van der Waals surface area (Å²) in [5.41, 5.74) is 1.34. The van der Waals surface area contributed by atoms with Crippen molar-refractivity contribution >= 4 is 0 Å². The van der Waals surface area contributed by atoms with Gasteiger partial charge in [0.2, 0.25) is 0 Å². The molecule has 1 saturated carbocycles. The Kier molecular flexibility index (Phi) is 4.55. The maximum Gasteiger partial charge on any atom is 0.0295 e. The zero-order valence-corrected chi connectivity index (χ0v) is 11.0. The van der Waals surface area contributed by atoms with Crippen molar-refractivity contribution in [2.45, 2.75) is 58.0 Å². The second-order valence-electron chi connectivity index (χ2n) is 5.39. The van der Waals surface area contributed by atoms with E-state index in [1.807, 2.05) is 12.4 Å². The van der Waals surface area contributed by atoms with E-state index in [0.717, 1.165) is 5.92 Å². The van der Waals surface area contributed by atoms with Crippen molar-refractivity contribution < 1.29 is 0 Å². The van der Waals surface area contributed by atoms with Crippen LogP contribution in [0.25, 0.3) is 0 Å². The highest BCUT2D eigenvalue weighted by atomic mass is 15.0. The SMILES string of the molecule is CC(NC1CCCCCC1C)c1ccncc1. The molecule has 1 heterocycles. The first kappa shape index (κ1) is 12.6. The van der Waals surface area contributed by atoms with E-state index in [-0.39, 0.29) is 0 Å². The summed E-state index contributed by atoms with van der Waals surface area (Å²) in [5, 5.41) is 3.80. The van der Waals surface area contributed by atoms with Gasteiger partial charge in [-0.15, -0.1) is 0 Å². The number of nitrogens with one attached hydrogen (secondary N) is 1. The van der Waals surface area contributed by atoms with Crippen LogP contribution in [0.15, 0.2) is 24.5 Å². The van der Waals surface area contributed by atoms with E-state index in [1.165, 1.54) is 37.7 Å². The van der Waals surface area contributed by atoms with Gasteiger partial charge in [-0.1, -0.05) is 26.2 Å². The number of rotatable bonds is 3. The van der Waals surface area contributed by atoms with Gasteiger partial charge in [0, 0.05) is 24.5 Å². The molecule has 1 aliphatic rings. The zero-order valence-electron chi connectivity index (χ0n) is 11.0. The first-order valence-corrected chi connectivity index (χ1v) is 6.93. The molecule has 94 valence electrons. The lowest BCUT2D eigenvalue weighted by Crippen LogP contribution is -2.36. The van der Waals surface area contributed by atoms with Crippen LogP contribution in [-0.4, -0.2) is 11.0 Å². The van der Waals surface area contributed by atoms with Crippen LogP contribution >= 0.6 is 0 Å². The molecule has 0 amide bonds. The van der Waals surface area contributed by atoms with Crippen molar-refractivity contribution in [1.29, 1.82) is 0 Å². The van der Waals surface area contributed by atoms with Crippen LogP contribution in [0, 0.1) is 5.92 Å². The van der Waals surface area contributed by atoms with E-state index in [9.17, 15) is 0 Å². The van der Waals surface area contributed by atoms with Gasteiger partial charge in [-0.05, 0) is 43.4 Å². The molecule has 0 aromatic carbocycles. The van der Waals surface area contributed by atoms with Gasteiger partial charge in [-0.3, -0.25) is 4.98 Å². The fraction of sp³-hybridized carbons (Fsp3) is 0.667. The summed E-state index contributed by atoms with van der Waals surface area (Å²) in [6, 6.07) is 5.34. The van der Waals surface area contributed by atoms with Crippen molar-refractivity contribution in [2.75, 3.05) is 0 Å². The van der Waals surface area contributed by atoms with E-state index in [2.05, 4.69) is 36.3 Å². The van der Waals surface area contributed by atoms with Gasteiger partial charge in [0.05, 0.1) is 0 Å². The van der Waals surface area contributed by atoms with E-state index >= 15 is 0 Å². The molecule has 1 fully saturated rings. The van der Waals surface area contributed by atoms with Crippen molar-refractivity contribution in [2.24, 2.45) is 5.92 Å². The minimum absolute atomic E-state index is 0.434. The van der Waals surface area contributed by atoms with Crippen molar-refractivity contribution in [3.63, 3.8) is 0 Å². The second-order valence-corrected chi connectivity index (χ2v) is 5.39. The summed E-state index contributed by atoms with van der Waals surface area (Å²) in [5.74, 6) is 0.807. The highest BCUT2D eigenvalue weighted by Crippen LogP contribution is 2.25. The molecule has 0 spiro atoms. The molecule has 2 heteroatoms. The topological polar surface area (TPSA) is 24.9 Å². The minimum atomic E-state index is 0.434. The fourth-order valence-corrected chi connectivity index (χ4v) is 2.81. The summed E-state index contributed by atoms with van der Waals surface area (Å²) in [6.07, 6.45) is 10.7. The smallest absolute Gasteiger partial charge is 0.0295 e. The Morgan fingerprint density at radius 2 is 1.88 bits per heavy atom. The molecule has 3 atom stereocenters. The van der Waals surface area contributed by atoms with Crippen LogP contribution in [-0.2, 0) is 0 Å². The van der Waals surface area contributed by atoms with Crippen molar-refractivity contribution in [3.05, 3.63) is 30.1 Å². The lowest BCUT2D eigenvalue weighted by molar-refractivity contribution is 0.330. The number of aromatic nitrogens is 1. The fourth-order valence-electron chi connectivity index (χ4n) is 2.81. The third-order valence-electron chi connectivity index (χ3n) is 4.03. The quantitative estimate of drug-likeness (QED) is 0.804. The Labute approximate surface area is 105 Å². The van der Waals surface area contributed by atoms with Crippen molar-refractivity contribution in [1.82, 2.24) is 10.3 Å². The summed E-state index contributed by atoms with van der Waals surface area (Å²) < 4.78 is 0. The highest BCUT2D eigenvalue weighted by molar-refractivity contribution is 5.14. The number of hydrogen-bond donors (Lipinski definition) is 1. The van der Waals surface area contributed by atoms with Gasteiger partial charge >= 0.3 is 0 Å². The van der Waals surface area contributed by atoms with Gasteiger partial charge in [-0.25, -0.2) is 0 Å². The normalized spacial score (nSPS) is 27.4. The lowest BCUT2D eigenvalue weighted by Gasteiger charge is -2.27. The van der Waals surface area contributed by atoms with Crippen LogP contribution in [0.5, 0.6) is 0 Å². The molecular formula is C15H24N2. The number of nitrogens with zero attached hydrogens (tertiary/aromatic N) is 1. The molecule has 17 heavy (non-hydrogen) atoms. The number of hydrogen-bond acceptors (Lipinski definition) is 2. The maximum atomic E-state index is 4.08. The molecule has 1 aromatic rings. The first-order chi connectivity index (χ1) is 8.27. The zero-order chi connectivity index (χ0) is 12.1. The van der Waals surface area contributed by atoms with Gasteiger partial charge in [0.1, 0.15) is 0 Å². The molecule has 0 radical (unpaired) electrons. The predicted molar refractivity (Wildman–Crippen MR) is 71.8 cm³/mol. The Bertz CT molecular complexity index is 323. The Morgan fingerprint density at radius 1 is 1.18 bits per heavy atom. The first-order valence-electron chi connectivity index (χ1n) is 6.93. The average Bonchev–Trinajstić information content (AvgIpc) is 2.56. The van der Waals surface area contributed by atoms with E-state index in [4.69, 9.17) is 0 Å². The summed E-state index contributed by atoms with van der Waals surface area (Å²) >= 11 is 0. The summed E-state index contributed by atoms with van der Waals surface area (Å²) in [7, 11) is 0. The van der Waals surface area contributed by atoms with Crippen LogP contribution in [0.3, 0.4) is 0 Å². The third kappa shape index (κ3) is 3.53. The van der Waals surface area contributed by atoms with Gasteiger partial charge in [0.15, 0.2) is 0 Å². The molecule has 0 aliphatic heterocycles. The lowest BCUT2D eigenvalue weighted by atomic mass is 9.95. The van der Waals surface area contributed by atoms with Crippen LogP contribution in [0.1, 0.15) is 57.6 Å². The van der Waals surface area contributed by atoms with Gasteiger partial charge in [0.25, 0.3) is 0 Å². The van der Waals surface area contributed by atoms with Gasteiger partial charge < -0.3 is 5.32 Å². The molecule has 2 nitrogen and oxygen atoms in total. The molecule has 0 saturated heterocycles. The molecule has 2 rings (SSSR count). The van der Waals surface area contributed by atoms with Crippen LogP contribution in [0.2, 0.25) is 0 Å². The summed E-state index contributed by atoms with van der Waals surface area (Å²) in [4.78, 5) is 4.08. The predicted octanol–water partition coefficient (Wildman–Crippen LogP) is 3.70. The van der Waals surface area contributed by atoms with Gasteiger partial charge in [-0.2, -0.15) is 0 Å².